The van der Waals surface area contributed by atoms with E-state index >= 15 is 0 Å². The van der Waals surface area contributed by atoms with E-state index < -0.39 is 0 Å². The van der Waals surface area contributed by atoms with E-state index in [0.29, 0.717) is 23.8 Å². The lowest BCUT2D eigenvalue weighted by molar-refractivity contribution is 0.214. The van der Waals surface area contributed by atoms with Crippen LogP contribution in [0.15, 0.2) is 42.5 Å². The van der Waals surface area contributed by atoms with E-state index in [1.165, 1.54) is 6.07 Å². The Morgan fingerprint density at radius 1 is 1.09 bits per heavy atom. The molecule has 2 N–H and O–H groups in total. The normalized spacial score (nSPS) is 15.0. The number of piperidine rings is 1. The predicted molar refractivity (Wildman–Crippen MR) is 91.8 cm³/mol. The van der Waals surface area contributed by atoms with Crippen LogP contribution in [0.5, 0.6) is 11.5 Å². The summed E-state index contributed by atoms with van der Waals surface area (Å²) in [4.78, 5) is 0. The van der Waals surface area contributed by atoms with Crippen LogP contribution >= 0.6 is 12.4 Å². The molecule has 0 saturated carbocycles. The minimum absolute atomic E-state index is 0. The number of phenolic OH excluding ortho intramolecular Hbond substituents is 1. The molecule has 0 unspecified atom stereocenters. The molecule has 23 heavy (non-hydrogen) atoms. The van der Waals surface area contributed by atoms with Gasteiger partial charge in [-0.1, -0.05) is 12.1 Å². The van der Waals surface area contributed by atoms with Gasteiger partial charge in [-0.2, -0.15) is 0 Å². The number of rotatable bonds is 4. The van der Waals surface area contributed by atoms with Crippen LogP contribution in [0.1, 0.15) is 12.8 Å². The third kappa shape index (κ3) is 4.60. The maximum Gasteiger partial charge on any atom is 0.134 e. The SMILES string of the molecule is Cl.Oc1ccc(-c2ccc(OCC3CCNCC3)cc2F)cc1. The van der Waals surface area contributed by atoms with Crippen molar-refractivity contribution in [3.63, 3.8) is 0 Å². The number of benzene rings is 2. The molecule has 0 radical (unpaired) electrons. The fraction of sp³-hybridized carbons (Fsp3) is 0.333. The Kier molecular flexibility index (Phi) is 6.25. The molecule has 1 aliphatic rings. The third-order valence-electron chi connectivity index (χ3n) is 4.06. The topological polar surface area (TPSA) is 41.5 Å². The minimum atomic E-state index is -0.312. The summed E-state index contributed by atoms with van der Waals surface area (Å²) in [6.07, 6.45) is 2.21. The van der Waals surface area contributed by atoms with Crippen molar-refractivity contribution < 1.29 is 14.2 Å². The molecule has 0 amide bonds. The molecular formula is C18H21ClFNO2. The van der Waals surface area contributed by atoms with Gasteiger partial charge in [-0.3, -0.25) is 0 Å². The first-order valence-corrected chi connectivity index (χ1v) is 7.65. The Labute approximate surface area is 141 Å². The molecule has 3 rings (SSSR count). The number of hydrogen-bond donors (Lipinski definition) is 2. The van der Waals surface area contributed by atoms with Gasteiger partial charge in [0.15, 0.2) is 0 Å². The van der Waals surface area contributed by atoms with Crippen molar-refractivity contribution in [1.29, 1.82) is 0 Å². The van der Waals surface area contributed by atoms with Crippen molar-refractivity contribution >= 4 is 12.4 Å². The summed E-state index contributed by atoms with van der Waals surface area (Å²) in [5.74, 6) is 0.972. The van der Waals surface area contributed by atoms with Gasteiger partial charge < -0.3 is 15.2 Å². The van der Waals surface area contributed by atoms with Gasteiger partial charge in [0.25, 0.3) is 0 Å². The van der Waals surface area contributed by atoms with Gasteiger partial charge in [0.1, 0.15) is 17.3 Å². The molecule has 0 bridgehead atoms. The molecule has 2 aromatic carbocycles. The molecule has 0 aromatic heterocycles. The summed E-state index contributed by atoms with van der Waals surface area (Å²) < 4.78 is 20.0. The van der Waals surface area contributed by atoms with Crippen LogP contribution in [0.25, 0.3) is 11.1 Å². The maximum atomic E-state index is 14.2. The number of halogens is 2. The number of phenols is 1. The molecule has 0 atom stereocenters. The number of nitrogens with one attached hydrogen (secondary N) is 1. The van der Waals surface area contributed by atoms with Crippen LogP contribution < -0.4 is 10.1 Å². The quantitative estimate of drug-likeness (QED) is 0.886. The van der Waals surface area contributed by atoms with E-state index in [1.54, 1.807) is 36.4 Å². The molecule has 124 valence electrons. The Hall–Kier alpha value is -1.78. The van der Waals surface area contributed by atoms with Crippen molar-refractivity contribution in [3.05, 3.63) is 48.3 Å². The number of aromatic hydroxyl groups is 1. The lowest BCUT2D eigenvalue weighted by atomic mass is 9.99. The van der Waals surface area contributed by atoms with Crippen LogP contribution in [0, 0.1) is 11.7 Å². The van der Waals surface area contributed by atoms with Gasteiger partial charge in [-0.25, -0.2) is 4.39 Å². The van der Waals surface area contributed by atoms with Crippen molar-refractivity contribution in [2.45, 2.75) is 12.8 Å². The molecule has 5 heteroatoms. The second-order valence-corrected chi connectivity index (χ2v) is 5.69. The molecule has 3 nitrogen and oxygen atoms in total. The summed E-state index contributed by atoms with van der Waals surface area (Å²) in [6, 6.07) is 11.5. The first-order chi connectivity index (χ1) is 10.7. The van der Waals surface area contributed by atoms with Gasteiger partial charge in [-0.05, 0) is 61.7 Å². The highest BCUT2D eigenvalue weighted by atomic mass is 35.5. The third-order valence-corrected chi connectivity index (χ3v) is 4.06. The zero-order valence-electron chi connectivity index (χ0n) is 12.8. The summed E-state index contributed by atoms with van der Waals surface area (Å²) in [7, 11) is 0. The van der Waals surface area contributed by atoms with Crippen LogP contribution in [0.4, 0.5) is 4.39 Å². The van der Waals surface area contributed by atoms with Gasteiger partial charge >= 0.3 is 0 Å². The van der Waals surface area contributed by atoms with Gasteiger partial charge in [0, 0.05) is 11.6 Å². The van der Waals surface area contributed by atoms with E-state index in [-0.39, 0.29) is 24.0 Å². The van der Waals surface area contributed by atoms with Gasteiger partial charge in [0.2, 0.25) is 0 Å². The Balaban J connectivity index is 0.00000192. The largest absolute Gasteiger partial charge is 0.508 e. The number of hydrogen-bond acceptors (Lipinski definition) is 3. The maximum absolute atomic E-state index is 14.2. The highest BCUT2D eigenvalue weighted by Gasteiger charge is 2.14. The van der Waals surface area contributed by atoms with Crippen LogP contribution in [-0.4, -0.2) is 24.8 Å². The highest BCUT2D eigenvalue weighted by Crippen LogP contribution is 2.28. The zero-order valence-corrected chi connectivity index (χ0v) is 13.6. The fourth-order valence-corrected chi connectivity index (χ4v) is 2.72. The number of ether oxygens (including phenoxy) is 1. The second kappa shape index (κ2) is 8.18. The summed E-state index contributed by atoms with van der Waals surface area (Å²) in [5, 5.41) is 12.6. The molecule has 2 aromatic rings. The fourth-order valence-electron chi connectivity index (χ4n) is 2.72. The first-order valence-electron chi connectivity index (χ1n) is 7.65. The lowest BCUT2D eigenvalue weighted by Gasteiger charge is -2.22. The zero-order chi connectivity index (χ0) is 15.4. The average molecular weight is 338 g/mol. The monoisotopic (exact) mass is 337 g/mol. The lowest BCUT2D eigenvalue weighted by Crippen LogP contribution is -2.30. The average Bonchev–Trinajstić information content (AvgIpc) is 2.55. The molecule has 1 aliphatic heterocycles. The minimum Gasteiger partial charge on any atom is -0.508 e. The molecule has 0 spiro atoms. The predicted octanol–water partition coefficient (Wildman–Crippen LogP) is 4.00. The van der Waals surface area contributed by atoms with E-state index in [2.05, 4.69) is 5.32 Å². The molecule has 1 saturated heterocycles. The van der Waals surface area contributed by atoms with Crippen molar-refractivity contribution in [2.24, 2.45) is 5.92 Å². The molecule has 0 aliphatic carbocycles. The van der Waals surface area contributed by atoms with E-state index in [0.717, 1.165) is 31.5 Å². The van der Waals surface area contributed by atoms with E-state index in [9.17, 15) is 9.50 Å². The standard InChI is InChI=1S/C18H20FNO2.ClH/c19-18-11-16(22-12-13-7-9-20-10-8-13)5-6-17(18)14-1-3-15(21)4-2-14;/h1-6,11,13,20-21H,7-10,12H2;1H. The molecule has 1 fully saturated rings. The Morgan fingerprint density at radius 3 is 2.43 bits per heavy atom. The van der Waals surface area contributed by atoms with Gasteiger partial charge in [0.05, 0.1) is 6.61 Å². The van der Waals surface area contributed by atoms with Crippen LogP contribution in [0.2, 0.25) is 0 Å². The van der Waals surface area contributed by atoms with Gasteiger partial charge in [-0.15, -0.1) is 12.4 Å². The first kappa shape index (κ1) is 17.6. The summed E-state index contributed by atoms with van der Waals surface area (Å²) in [6.45, 7) is 2.70. The molecule has 1 heterocycles. The van der Waals surface area contributed by atoms with E-state index in [1.807, 2.05) is 0 Å². The van der Waals surface area contributed by atoms with Crippen LogP contribution in [0.3, 0.4) is 0 Å². The second-order valence-electron chi connectivity index (χ2n) is 5.69. The Morgan fingerprint density at radius 2 is 1.78 bits per heavy atom. The highest BCUT2D eigenvalue weighted by molar-refractivity contribution is 5.85. The van der Waals surface area contributed by atoms with E-state index in [4.69, 9.17) is 4.74 Å². The summed E-state index contributed by atoms with van der Waals surface area (Å²) in [5.41, 5.74) is 1.24. The summed E-state index contributed by atoms with van der Waals surface area (Å²) >= 11 is 0. The van der Waals surface area contributed by atoms with Crippen molar-refractivity contribution in [2.75, 3.05) is 19.7 Å². The smallest absolute Gasteiger partial charge is 0.134 e. The van der Waals surface area contributed by atoms with Crippen molar-refractivity contribution in [3.8, 4) is 22.6 Å². The van der Waals surface area contributed by atoms with Crippen molar-refractivity contribution in [1.82, 2.24) is 5.32 Å². The van der Waals surface area contributed by atoms with Crippen LogP contribution in [-0.2, 0) is 0 Å². The molecular weight excluding hydrogens is 317 g/mol. The Bertz CT molecular complexity index is 627.